The molecular weight excluding hydrogens is 256 g/mol. The number of amides is 2. The Morgan fingerprint density at radius 3 is 2.94 bits per heavy atom. The SMILES string of the molecule is O=C1NC(=O)C(=Cc2ccc3ncsc3c2)S1. The molecule has 0 saturated carbocycles. The molecule has 0 spiro atoms. The van der Waals surface area contributed by atoms with Crippen molar-refractivity contribution in [3.05, 3.63) is 34.2 Å². The highest BCUT2D eigenvalue weighted by Gasteiger charge is 2.24. The van der Waals surface area contributed by atoms with Crippen LogP contribution in [0.4, 0.5) is 4.79 Å². The number of carbonyl (C=O) groups excluding carboxylic acids is 2. The van der Waals surface area contributed by atoms with E-state index in [1.54, 1.807) is 22.9 Å². The zero-order valence-electron chi connectivity index (χ0n) is 8.47. The van der Waals surface area contributed by atoms with Crippen molar-refractivity contribution in [2.24, 2.45) is 0 Å². The van der Waals surface area contributed by atoms with Crippen LogP contribution in [-0.2, 0) is 4.79 Å². The van der Waals surface area contributed by atoms with E-state index in [9.17, 15) is 9.59 Å². The number of nitrogens with zero attached hydrogens (tertiary/aromatic N) is 1. The van der Waals surface area contributed by atoms with Crippen LogP contribution in [0.1, 0.15) is 5.56 Å². The van der Waals surface area contributed by atoms with Crippen LogP contribution < -0.4 is 5.32 Å². The van der Waals surface area contributed by atoms with Gasteiger partial charge in [-0.1, -0.05) is 6.07 Å². The Morgan fingerprint density at radius 2 is 2.18 bits per heavy atom. The summed E-state index contributed by atoms with van der Waals surface area (Å²) in [6.45, 7) is 0. The van der Waals surface area contributed by atoms with Crippen LogP contribution >= 0.6 is 23.1 Å². The van der Waals surface area contributed by atoms with Gasteiger partial charge in [0, 0.05) is 0 Å². The van der Waals surface area contributed by atoms with Gasteiger partial charge in [-0.15, -0.1) is 11.3 Å². The molecule has 17 heavy (non-hydrogen) atoms. The number of rotatable bonds is 1. The van der Waals surface area contributed by atoms with Gasteiger partial charge in [0.2, 0.25) is 0 Å². The number of thioether (sulfide) groups is 1. The van der Waals surface area contributed by atoms with Crippen LogP contribution in [0, 0.1) is 0 Å². The first kappa shape index (κ1) is 10.5. The fourth-order valence-electron chi connectivity index (χ4n) is 1.53. The quantitative estimate of drug-likeness (QED) is 0.803. The Balaban J connectivity index is 2.01. The van der Waals surface area contributed by atoms with E-state index in [-0.39, 0.29) is 11.1 Å². The van der Waals surface area contributed by atoms with Crippen LogP contribution in [0.3, 0.4) is 0 Å². The minimum absolute atomic E-state index is 0.319. The summed E-state index contributed by atoms with van der Waals surface area (Å²) in [5.41, 5.74) is 3.62. The van der Waals surface area contributed by atoms with Gasteiger partial charge < -0.3 is 0 Å². The van der Waals surface area contributed by atoms with Crippen molar-refractivity contribution in [1.82, 2.24) is 10.3 Å². The summed E-state index contributed by atoms with van der Waals surface area (Å²) in [5, 5.41) is 1.91. The monoisotopic (exact) mass is 262 g/mol. The molecule has 3 rings (SSSR count). The van der Waals surface area contributed by atoms with Crippen molar-refractivity contribution in [2.75, 3.05) is 0 Å². The van der Waals surface area contributed by atoms with Crippen molar-refractivity contribution < 1.29 is 9.59 Å². The summed E-state index contributed by atoms with van der Waals surface area (Å²) < 4.78 is 1.06. The largest absolute Gasteiger partial charge is 0.290 e. The zero-order chi connectivity index (χ0) is 11.8. The van der Waals surface area contributed by atoms with E-state index in [2.05, 4.69) is 10.3 Å². The number of hydrogen-bond donors (Lipinski definition) is 1. The fourth-order valence-corrected chi connectivity index (χ4v) is 2.94. The molecule has 1 N–H and O–H groups in total. The van der Waals surface area contributed by atoms with Crippen molar-refractivity contribution in [2.45, 2.75) is 0 Å². The van der Waals surface area contributed by atoms with Crippen LogP contribution in [0.5, 0.6) is 0 Å². The fraction of sp³-hybridized carbons (Fsp3) is 0. The molecule has 1 aliphatic heterocycles. The maximum absolute atomic E-state index is 11.4. The normalized spacial score (nSPS) is 18.0. The maximum Gasteiger partial charge on any atom is 0.290 e. The van der Waals surface area contributed by atoms with Gasteiger partial charge in [0.1, 0.15) is 0 Å². The van der Waals surface area contributed by atoms with Gasteiger partial charge in [0.25, 0.3) is 11.1 Å². The molecule has 1 aliphatic rings. The number of thiazole rings is 1. The first-order chi connectivity index (χ1) is 8.22. The Hall–Kier alpha value is -1.66. The lowest BCUT2D eigenvalue weighted by Gasteiger charge is -1.94. The molecule has 0 radical (unpaired) electrons. The maximum atomic E-state index is 11.4. The molecule has 6 heteroatoms. The molecule has 4 nitrogen and oxygen atoms in total. The smallest absolute Gasteiger partial charge is 0.282 e. The number of imide groups is 1. The molecule has 84 valence electrons. The van der Waals surface area contributed by atoms with Gasteiger partial charge in [-0.05, 0) is 35.5 Å². The Labute approximate surface area is 105 Å². The second kappa shape index (κ2) is 3.97. The van der Waals surface area contributed by atoms with E-state index < -0.39 is 0 Å². The molecule has 1 aromatic carbocycles. The number of benzene rings is 1. The van der Waals surface area contributed by atoms with Crippen LogP contribution in [0.2, 0.25) is 0 Å². The lowest BCUT2D eigenvalue weighted by molar-refractivity contribution is -0.115. The van der Waals surface area contributed by atoms with E-state index in [1.165, 1.54) is 0 Å². The summed E-state index contributed by atoms with van der Waals surface area (Å²) >= 11 is 2.47. The lowest BCUT2D eigenvalue weighted by atomic mass is 10.2. The third kappa shape index (κ3) is 1.96. The predicted octanol–water partition coefficient (Wildman–Crippen LogP) is 2.62. The standard InChI is InChI=1S/C11H6N2O2S2/c14-10-9(17-11(15)13-10)4-6-1-2-7-8(3-6)16-5-12-7/h1-5H,(H,13,14,15). The van der Waals surface area contributed by atoms with E-state index >= 15 is 0 Å². The third-order valence-electron chi connectivity index (χ3n) is 2.30. The molecule has 0 unspecified atom stereocenters. The van der Waals surface area contributed by atoms with E-state index in [4.69, 9.17) is 0 Å². The van der Waals surface area contributed by atoms with Crippen molar-refractivity contribution in [1.29, 1.82) is 0 Å². The molecule has 1 fully saturated rings. The van der Waals surface area contributed by atoms with Gasteiger partial charge in [-0.3, -0.25) is 14.9 Å². The molecule has 0 atom stereocenters. The minimum atomic E-state index is -0.329. The molecule has 2 heterocycles. The molecule has 0 aliphatic carbocycles. The van der Waals surface area contributed by atoms with Gasteiger partial charge in [-0.25, -0.2) is 4.98 Å². The van der Waals surface area contributed by atoms with Crippen LogP contribution in [0.15, 0.2) is 28.6 Å². The number of aromatic nitrogens is 1. The zero-order valence-corrected chi connectivity index (χ0v) is 10.1. The Bertz CT molecular complexity index is 660. The highest BCUT2D eigenvalue weighted by molar-refractivity contribution is 8.18. The average molecular weight is 262 g/mol. The first-order valence-electron chi connectivity index (χ1n) is 4.80. The van der Waals surface area contributed by atoms with Crippen molar-refractivity contribution >= 4 is 50.5 Å². The topological polar surface area (TPSA) is 59.1 Å². The molecule has 2 aromatic rings. The summed E-state index contributed by atoms with van der Waals surface area (Å²) in [7, 11) is 0. The third-order valence-corrected chi connectivity index (χ3v) is 3.90. The summed E-state index contributed by atoms with van der Waals surface area (Å²) in [5.74, 6) is -0.329. The van der Waals surface area contributed by atoms with Gasteiger partial charge in [0.15, 0.2) is 0 Å². The van der Waals surface area contributed by atoms with Gasteiger partial charge >= 0.3 is 0 Å². The Kier molecular flexibility index (Phi) is 2.45. The average Bonchev–Trinajstić information content (AvgIpc) is 2.85. The van der Waals surface area contributed by atoms with Crippen molar-refractivity contribution in [3.8, 4) is 0 Å². The lowest BCUT2D eigenvalue weighted by Crippen LogP contribution is -2.17. The van der Waals surface area contributed by atoms with Gasteiger partial charge in [-0.2, -0.15) is 0 Å². The molecule has 0 bridgehead atoms. The van der Waals surface area contributed by atoms with Gasteiger partial charge in [0.05, 0.1) is 20.6 Å². The van der Waals surface area contributed by atoms with E-state index in [0.29, 0.717) is 4.91 Å². The molecule has 1 saturated heterocycles. The minimum Gasteiger partial charge on any atom is -0.282 e. The van der Waals surface area contributed by atoms with E-state index in [0.717, 1.165) is 27.5 Å². The molecule has 2 amide bonds. The molecule has 1 aromatic heterocycles. The number of fused-ring (bicyclic) bond motifs is 1. The van der Waals surface area contributed by atoms with Crippen LogP contribution in [-0.4, -0.2) is 16.1 Å². The molecular formula is C11H6N2O2S2. The second-order valence-corrected chi connectivity index (χ2v) is 5.33. The number of carbonyl (C=O) groups is 2. The highest BCUT2D eigenvalue weighted by Crippen LogP contribution is 2.27. The summed E-state index contributed by atoms with van der Waals surface area (Å²) in [6, 6.07) is 5.74. The van der Waals surface area contributed by atoms with Crippen molar-refractivity contribution in [3.63, 3.8) is 0 Å². The summed E-state index contributed by atoms with van der Waals surface area (Å²) in [4.78, 5) is 27.0. The van der Waals surface area contributed by atoms with E-state index in [1.807, 2.05) is 18.2 Å². The highest BCUT2D eigenvalue weighted by atomic mass is 32.2. The second-order valence-electron chi connectivity index (χ2n) is 3.43. The Morgan fingerprint density at radius 1 is 1.29 bits per heavy atom. The summed E-state index contributed by atoms with van der Waals surface area (Å²) in [6.07, 6.45) is 1.71. The van der Waals surface area contributed by atoms with Crippen LogP contribution in [0.25, 0.3) is 16.3 Å². The first-order valence-corrected chi connectivity index (χ1v) is 6.50. The number of hydrogen-bond acceptors (Lipinski definition) is 5. The number of nitrogens with one attached hydrogen (secondary N) is 1. The predicted molar refractivity (Wildman–Crippen MR) is 68.7 cm³/mol.